The normalized spacial score (nSPS) is 15.1. The average molecular weight is 198 g/mol. The maximum atomic E-state index is 11.0. The summed E-state index contributed by atoms with van der Waals surface area (Å²) in [6.07, 6.45) is 0.329. The van der Waals surface area contributed by atoms with Crippen LogP contribution in [0.15, 0.2) is 16.9 Å². The van der Waals surface area contributed by atoms with E-state index in [2.05, 4.69) is 4.98 Å². The first-order chi connectivity index (χ1) is 6.45. The zero-order valence-corrected chi connectivity index (χ0v) is 7.95. The molecule has 0 aliphatic heterocycles. The van der Waals surface area contributed by atoms with E-state index >= 15 is 0 Å². The number of pyridine rings is 1. The van der Waals surface area contributed by atoms with Gasteiger partial charge in [0, 0.05) is 24.3 Å². The molecule has 0 aliphatic carbocycles. The van der Waals surface area contributed by atoms with Gasteiger partial charge in [-0.2, -0.15) is 0 Å². The van der Waals surface area contributed by atoms with Crippen molar-refractivity contribution < 1.29 is 10.2 Å². The summed E-state index contributed by atoms with van der Waals surface area (Å²) >= 11 is 0. The molecule has 5 N–H and O–H groups in total. The molecular formula is C9H14N2O3. The molecule has 0 aliphatic rings. The van der Waals surface area contributed by atoms with Gasteiger partial charge in [-0.3, -0.25) is 9.78 Å². The Morgan fingerprint density at radius 2 is 2.21 bits per heavy atom. The Hall–Kier alpha value is -1.33. The Balaban J connectivity index is 3.12. The number of aromatic amines is 1. The fourth-order valence-electron chi connectivity index (χ4n) is 1.23. The van der Waals surface area contributed by atoms with Gasteiger partial charge in [0.2, 0.25) is 0 Å². The molecule has 1 atom stereocenters. The number of rotatable bonds is 3. The maximum Gasteiger partial charge on any atom is 0.251 e. The maximum absolute atomic E-state index is 11.0. The number of H-pyrrole nitrogens is 1. The smallest absolute Gasteiger partial charge is 0.251 e. The molecule has 1 rings (SSSR count). The minimum absolute atomic E-state index is 0.0689. The molecule has 1 aromatic rings. The molecule has 14 heavy (non-hydrogen) atoms. The predicted molar refractivity (Wildman–Crippen MR) is 52.0 cm³/mol. The summed E-state index contributed by atoms with van der Waals surface area (Å²) in [6.45, 7) is 1.62. The van der Waals surface area contributed by atoms with Crippen molar-refractivity contribution in [2.45, 2.75) is 18.9 Å². The molecule has 1 aromatic heterocycles. The van der Waals surface area contributed by atoms with Crippen LogP contribution in [0.2, 0.25) is 0 Å². The van der Waals surface area contributed by atoms with Gasteiger partial charge in [0.15, 0.2) is 5.88 Å². The van der Waals surface area contributed by atoms with E-state index in [0.29, 0.717) is 12.0 Å². The third-order valence-corrected chi connectivity index (χ3v) is 2.12. The van der Waals surface area contributed by atoms with Crippen molar-refractivity contribution >= 4 is 0 Å². The quantitative estimate of drug-likeness (QED) is 0.532. The van der Waals surface area contributed by atoms with Crippen molar-refractivity contribution in [2.24, 2.45) is 5.73 Å². The average Bonchev–Trinajstić information content (AvgIpc) is 2.02. The molecule has 78 valence electrons. The van der Waals surface area contributed by atoms with Crippen LogP contribution in [0.25, 0.3) is 0 Å². The van der Waals surface area contributed by atoms with E-state index in [1.54, 1.807) is 6.92 Å². The third-order valence-electron chi connectivity index (χ3n) is 2.12. The number of aromatic hydroxyl groups is 1. The molecular weight excluding hydrogens is 184 g/mol. The predicted octanol–water partition coefficient (Wildman–Crippen LogP) is -0.363. The number of aliphatic hydroxyl groups excluding tert-OH is 1. The Bertz CT molecular complexity index is 371. The monoisotopic (exact) mass is 198 g/mol. The zero-order valence-electron chi connectivity index (χ0n) is 7.95. The van der Waals surface area contributed by atoms with E-state index in [1.165, 1.54) is 12.1 Å². The molecule has 5 heteroatoms. The lowest BCUT2D eigenvalue weighted by atomic mass is 9.91. The van der Waals surface area contributed by atoms with E-state index < -0.39 is 11.1 Å². The van der Waals surface area contributed by atoms with Crippen LogP contribution in [0.3, 0.4) is 0 Å². The molecule has 0 saturated heterocycles. The highest BCUT2D eigenvalue weighted by molar-refractivity contribution is 5.26. The minimum Gasteiger partial charge on any atom is -0.495 e. The molecule has 0 aromatic carbocycles. The van der Waals surface area contributed by atoms with Gasteiger partial charge in [-0.1, -0.05) is 0 Å². The van der Waals surface area contributed by atoms with Crippen molar-refractivity contribution in [3.05, 3.63) is 28.0 Å². The van der Waals surface area contributed by atoms with Gasteiger partial charge in [-0.25, -0.2) is 0 Å². The number of hydrogen-bond acceptors (Lipinski definition) is 4. The van der Waals surface area contributed by atoms with Crippen LogP contribution in [0.4, 0.5) is 0 Å². The molecule has 0 bridgehead atoms. The molecule has 0 saturated carbocycles. The first kappa shape index (κ1) is 10.7. The van der Waals surface area contributed by atoms with Crippen LogP contribution in [-0.4, -0.2) is 21.8 Å². The van der Waals surface area contributed by atoms with E-state index in [0.717, 1.165) is 0 Å². The van der Waals surface area contributed by atoms with E-state index in [9.17, 15) is 4.79 Å². The number of aliphatic hydroxyl groups is 1. The summed E-state index contributed by atoms with van der Waals surface area (Å²) in [4.78, 5) is 13.2. The summed E-state index contributed by atoms with van der Waals surface area (Å²) in [5.41, 5.74) is 5.16. The number of aromatic nitrogens is 1. The minimum atomic E-state index is -0.805. The largest absolute Gasteiger partial charge is 0.495 e. The highest BCUT2D eigenvalue weighted by Crippen LogP contribution is 2.21. The molecule has 0 radical (unpaired) electrons. The summed E-state index contributed by atoms with van der Waals surface area (Å²) in [5, 5.41) is 17.9. The Labute approximate surface area is 81.2 Å². The lowest BCUT2D eigenvalue weighted by molar-refractivity contribution is 0.247. The highest BCUT2D eigenvalue weighted by Gasteiger charge is 2.21. The first-order valence-electron chi connectivity index (χ1n) is 4.29. The van der Waals surface area contributed by atoms with Gasteiger partial charge in [-0.05, 0) is 18.9 Å². The standard InChI is InChI=1S/C9H14N2O3/c1-9(10,2-3-12)6-4-7(13)11-8(14)5-6/h4-5,12H,2-3,10H2,1H3,(H2,11,13,14)/t9-/m0/s1. The summed E-state index contributed by atoms with van der Waals surface area (Å²) < 4.78 is 0. The van der Waals surface area contributed by atoms with Crippen LogP contribution in [0.1, 0.15) is 18.9 Å². The number of nitrogens with two attached hydrogens (primary N) is 1. The number of nitrogens with one attached hydrogen (secondary N) is 1. The summed E-state index contributed by atoms with van der Waals surface area (Å²) in [5.74, 6) is -0.220. The third kappa shape index (κ3) is 2.34. The summed E-state index contributed by atoms with van der Waals surface area (Å²) in [7, 11) is 0. The van der Waals surface area contributed by atoms with Crippen molar-refractivity contribution in [1.29, 1.82) is 0 Å². The lowest BCUT2D eigenvalue weighted by Crippen LogP contribution is -2.35. The van der Waals surface area contributed by atoms with Gasteiger partial charge in [0.1, 0.15) is 0 Å². The molecule has 0 unspecified atom stereocenters. The first-order valence-corrected chi connectivity index (χ1v) is 4.29. The second-order valence-electron chi connectivity index (χ2n) is 3.51. The molecule has 1 heterocycles. The van der Waals surface area contributed by atoms with Gasteiger partial charge < -0.3 is 15.9 Å². The van der Waals surface area contributed by atoms with Crippen LogP contribution >= 0.6 is 0 Å². The fraction of sp³-hybridized carbons (Fsp3) is 0.444. The van der Waals surface area contributed by atoms with Crippen molar-refractivity contribution in [1.82, 2.24) is 4.98 Å². The summed E-state index contributed by atoms with van der Waals surface area (Å²) in [6, 6.07) is 2.70. The van der Waals surface area contributed by atoms with Gasteiger partial charge >= 0.3 is 0 Å². The molecule has 0 fully saturated rings. The van der Waals surface area contributed by atoms with E-state index in [4.69, 9.17) is 15.9 Å². The second kappa shape index (κ2) is 3.81. The van der Waals surface area contributed by atoms with Crippen LogP contribution in [-0.2, 0) is 5.54 Å². The molecule has 5 nitrogen and oxygen atoms in total. The van der Waals surface area contributed by atoms with Crippen molar-refractivity contribution in [2.75, 3.05) is 6.61 Å². The second-order valence-corrected chi connectivity index (χ2v) is 3.51. The molecule has 0 amide bonds. The van der Waals surface area contributed by atoms with Crippen LogP contribution in [0.5, 0.6) is 5.88 Å². The SMILES string of the molecule is C[C@](N)(CCO)c1cc(O)[nH]c(=O)c1. The van der Waals surface area contributed by atoms with Gasteiger partial charge in [0.05, 0.1) is 0 Å². The van der Waals surface area contributed by atoms with Crippen LogP contribution < -0.4 is 11.3 Å². The Kier molecular flexibility index (Phi) is 2.93. The van der Waals surface area contributed by atoms with Crippen LogP contribution in [0, 0.1) is 0 Å². The lowest BCUT2D eigenvalue weighted by Gasteiger charge is -2.23. The van der Waals surface area contributed by atoms with Crippen molar-refractivity contribution in [3.63, 3.8) is 0 Å². The molecule has 0 spiro atoms. The van der Waals surface area contributed by atoms with Gasteiger partial charge in [0.25, 0.3) is 5.56 Å². The highest BCUT2D eigenvalue weighted by atomic mass is 16.3. The zero-order chi connectivity index (χ0) is 10.8. The van der Waals surface area contributed by atoms with E-state index in [-0.39, 0.29) is 12.5 Å². The topological polar surface area (TPSA) is 99.3 Å². The van der Waals surface area contributed by atoms with Crippen molar-refractivity contribution in [3.8, 4) is 5.88 Å². The Morgan fingerprint density at radius 1 is 1.57 bits per heavy atom. The fourth-order valence-corrected chi connectivity index (χ4v) is 1.23. The van der Waals surface area contributed by atoms with Gasteiger partial charge in [-0.15, -0.1) is 0 Å². The number of hydrogen-bond donors (Lipinski definition) is 4. The van der Waals surface area contributed by atoms with E-state index in [1.807, 2.05) is 0 Å². The Morgan fingerprint density at radius 3 is 2.71 bits per heavy atom.